The van der Waals surface area contributed by atoms with E-state index in [4.69, 9.17) is 4.74 Å². The Balaban J connectivity index is 3.51. The van der Waals surface area contributed by atoms with Gasteiger partial charge in [0.1, 0.15) is 0 Å². The van der Waals surface area contributed by atoms with Gasteiger partial charge in [0, 0.05) is 6.08 Å². The number of carbonyl (C=O) groups is 1. The maximum absolute atomic E-state index is 10.8. The van der Waals surface area contributed by atoms with E-state index in [0.29, 0.717) is 12.5 Å². The van der Waals surface area contributed by atoms with Crippen molar-refractivity contribution in [2.75, 3.05) is 6.61 Å². The Hall–Kier alpha value is -0.790. The van der Waals surface area contributed by atoms with Gasteiger partial charge in [-0.25, -0.2) is 4.79 Å². The average molecular weight is 156 g/mol. The molecule has 0 atom stereocenters. The minimum Gasteiger partial charge on any atom is -0.463 e. The Morgan fingerprint density at radius 3 is 2.64 bits per heavy atom. The molecule has 0 saturated carbocycles. The molecule has 11 heavy (non-hydrogen) atoms. The second-order valence-electron chi connectivity index (χ2n) is 2.77. The highest BCUT2D eigenvalue weighted by molar-refractivity contribution is 5.81. The highest BCUT2D eigenvalue weighted by Crippen LogP contribution is 1.94. The van der Waals surface area contributed by atoms with Gasteiger partial charge in [-0.05, 0) is 12.3 Å². The maximum Gasteiger partial charge on any atom is 0.330 e. The normalized spacial score (nSPS) is 10.9. The van der Waals surface area contributed by atoms with Gasteiger partial charge in [-0.15, -0.1) is 0 Å². The summed E-state index contributed by atoms with van der Waals surface area (Å²) >= 11 is 0. The molecule has 0 unspecified atom stereocenters. The fourth-order valence-electron chi connectivity index (χ4n) is 0.522. The van der Waals surface area contributed by atoms with Gasteiger partial charge in [0.25, 0.3) is 0 Å². The molecule has 2 nitrogen and oxygen atoms in total. The molecule has 0 aliphatic heterocycles. The van der Waals surface area contributed by atoms with Crippen LogP contribution in [-0.2, 0) is 9.53 Å². The van der Waals surface area contributed by atoms with Crippen LogP contribution in [0.15, 0.2) is 12.2 Å². The van der Waals surface area contributed by atoms with Crippen molar-refractivity contribution in [3.63, 3.8) is 0 Å². The molecule has 0 saturated heterocycles. The molecule has 0 fully saturated rings. The van der Waals surface area contributed by atoms with E-state index in [1.165, 1.54) is 6.08 Å². The van der Waals surface area contributed by atoms with Crippen LogP contribution in [0, 0.1) is 5.92 Å². The summed E-state index contributed by atoms with van der Waals surface area (Å²) in [6.07, 6.45) is 4.19. The summed E-state index contributed by atoms with van der Waals surface area (Å²) in [6, 6.07) is 0. The lowest BCUT2D eigenvalue weighted by atomic mass is 10.2. The van der Waals surface area contributed by atoms with Crippen LogP contribution < -0.4 is 0 Å². The molecule has 0 radical (unpaired) electrons. The Labute approximate surface area is 68.2 Å². The van der Waals surface area contributed by atoms with Gasteiger partial charge in [-0.3, -0.25) is 0 Å². The summed E-state index contributed by atoms with van der Waals surface area (Å²) < 4.78 is 4.82. The van der Waals surface area contributed by atoms with Crippen LogP contribution in [0.1, 0.15) is 27.2 Å². The minimum atomic E-state index is -0.236. The molecule has 2 heteroatoms. The van der Waals surface area contributed by atoms with Crippen LogP contribution >= 0.6 is 0 Å². The molecular formula is C9H16O2. The first kappa shape index (κ1) is 10.2. The van der Waals surface area contributed by atoms with Gasteiger partial charge in [-0.1, -0.05) is 26.8 Å². The number of carbonyl (C=O) groups excluding carboxylic acids is 1. The zero-order valence-electron chi connectivity index (χ0n) is 7.46. The van der Waals surface area contributed by atoms with Gasteiger partial charge in [-0.2, -0.15) is 0 Å². The lowest BCUT2D eigenvalue weighted by molar-refractivity contribution is -0.137. The molecule has 0 amide bonds. The summed E-state index contributed by atoms with van der Waals surface area (Å²) in [5, 5.41) is 0. The summed E-state index contributed by atoms with van der Waals surface area (Å²) in [5.41, 5.74) is 0. The van der Waals surface area contributed by atoms with Gasteiger partial charge < -0.3 is 4.74 Å². The highest BCUT2D eigenvalue weighted by Gasteiger charge is 1.94. The van der Waals surface area contributed by atoms with Gasteiger partial charge in [0.2, 0.25) is 0 Å². The Bertz CT molecular complexity index is 136. The average Bonchev–Trinajstić information content (AvgIpc) is 1.97. The van der Waals surface area contributed by atoms with Crippen molar-refractivity contribution >= 4 is 5.97 Å². The van der Waals surface area contributed by atoms with Gasteiger partial charge >= 0.3 is 5.97 Å². The van der Waals surface area contributed by atoms with Gasteiger partial charge in [0.05, 0.1) is 6.61 Å². The highest BCUT2D eigenvalue weighted by atomic mass is 16.5. The fourth-order valence-corrected chi connectivity index (χ4v) is 0.522. The van der Waals surface area contributed by atoms with Crippen molar-refractivity contribution < 1.29 is 9.53 Å². The van der Waals surface area contributed by atoms with Crippen LogP contribution in [-0.4, -0.2) is 12.6 Å². The molecule has 0 aromatic heterocycles. The SMILES string of the molecule is CCCOC(=O)/C=C/C(C)C. The topological polar surface area (TPSA) is 26.3 Å². The third-order valence-electron chi connectivity index (χ3n) is 1.07. The molecule has 0 rings (SSSR count). The van der Waals surface area contributed by atoms with E-state index < -0.39 is 0 Å². The first-order valence-electron chi connectivity index (χ1n) is 4.01. The van der Waals surface area contributed by atoms with Crippen molar-refractivity contribution in [1.29, 1.82) is 0 Å². The first-order valence-corrected chi connectivity index (χ1v) is 4.01. The number of allylic oxidation sites excluding steroid dienone is 1. The zero-order chi connectivity index (χ0) is 8.69. The van der Waals surface area contributed by atoms with E-state index in [9.17, 15) is 4.79 Å². The Morgan fingerprint density at radius 1 is 1.55 bits per heavy atom. The summed E-state index contributed by atoms with van der Waals surface area (Å²) in [6.45, 7) is 6.52. The summed E-state index contributed by atoms with van der Waals surface area (Å²) in [4.78, 5) is 10.8. The minimum absolute atomic E-state index is 0.236. The smallest absolute Gasteiger partial charge is 0.330 e. The largest absolute Gasteiger partial charge is 0.463 e. The predicted octanol–water partition coefficient (Wildman–Crippen LogP) is 2.15. The third-order valence-corrected chi connectivity index (χ3v) is 1.07. The van der Waals surface area contributed by atoms with Crippen LogP contribution in [0.25, 0.3) is 0 Å². The number of hydrogen-bond donors (Lipinski definition) is 0. The molecular weight excluding hydrogens is 140 g/mol. The zero-order valence-corrected chi connectivity index (χ0v) is 7.46. The lowest BCUT2D eigenvalue weighted by Gasteiger charge is -1.97. The number of ether oxygens (including phenoxy) is 1. The Morgan fingerprint density at radius 2 is 2.18 bits per heavy atom. The second-order valence-corrected chi connectivity index (χ2v) is 2.77. The first-order chi connectivity index (χ1) is 5.16. The second kappa shape index (κ2) is 5.96. The van der Waals surface area contributed by atoms with Gasteiger partial charge in [0.15, 0.2) is 0 Å². The molecule has 0 bridgehead atoms. The van der Waals surface area contributed by atoms with Crippen molar-refractivity contribution in [3.8, 4) is 0 Å². The molecule has 0 N–H and O–H groups in total. The van der Waals surface area contributed by atoms with Crippen LogP contribution in [0.4, 0.5) is 0 Å². The van der Waals surface area contributed by atoms with E-state index in [1.54, 1.807) is 0 Å². The van der Waals surface area contributed by atoms with Crippen LogP contribution in [0.3, 0.4) is 0 Å². The van der Waals surface area contributed by atoms with Crippen molar-refractivity contribution in [1.82, 2.24) is 0 Å². The van der Waals surface area contributed by atoms with Crippen LogP contribution in [0.2, 0.25) is 0 Å². The molecule has 0 aromatic rings. The van der Waals surface area contributed by atoms with Crippen molar-refractivity contribution in [2.24, 2.45) is 5.92 Å². The molecule has 0 aromatic carbocycles. The van der Waals surface area contributed by atoms with E-state index in [0.717, 1.165) is 6.42 Å². The lowest BCUT2D eigenvalue weighted by Crippen LogP contribution is -2.01. The van der Waals surface area contributed by atoms with Crippen molar-refractivity contribution in [2.45, 2.75) is 27.2 Å². The third kappa shape index (κ3) is 7.10. The van der Waals surface area contributed by atoms with Crippen LogP contribution in [0.5, 0.6) is 0 Å². The van der Waals surface area contributed by atoms with E-state index in [-0.39, 0.29) is 5.97 Å². The quantitative estimate of drug-likeness (QED) is 0.460. The maximum atomic E-state index is 10.8. The molecule has 0 heterocycles. The number of rotatable bonds is 4. The monoisotopic (exact) mass is 156 g/mol. The number of esters is 1. The molecule has 0 spiro atoms. The summed E-state index contributed by atoms with van der Waals surface area (Å²) in [7, 11) is 0. The Kier molecular flexibility index (Phi) is 5.53. The molecule has 0 aliphatic rings. The molecule has 0 aliphatic carbocycles. The molecule has 64 valence electrons. The fraction of sp³-hybridized carbons (Fsp3) is 0.667. The summed E-state index contributed by atoms with van der Waals surface area (Å²) in [5.74, 6) is 0.171. The van der Waals surface area contributed by atoms with E-state index >= 15 is 0 Å². The standard InChI is InChI=1S/C9H16O2/c1-4-7-11-9(10)6-5-8(2)3/h5-6,8H,4,7H2,1-3H3/b6-5+. The van der Waals surface area contributed by atoms with Crippen molar-refractivity contribution in [3.05, 3.63) is 12.2 Å². The predicted molar refractivity (Wildman–Crippen MR) is 45.2 cm³/mol. The van der Waals surface area contributed by atoms with E-state index in [1.807, 2.05) is 26.8 Å². The van der Waals surface area contributed by atoms with E-state index in [2.05, 4.69) is 0 Å². The number of hydrogen-bond acceptors (Lipinski definition) is 2.